The summed E-state index contributed by atoms with van der Waals surface area (Å²) >= 11 is 3.20. The SMILES string of the molecule is O=[N+]([O-])c1cccc([N+](=O)[O-])c1.Oc1cccc(Br)c1. The third kappa shape index (κ3) is 5.02. The summed E-state index contributed by atoms with van der Waals surface area (Å²) in [6, 6.07) is 11.5. The highest BCUT2D eigenvalue weighted by Gasteiger charge is 2.11. The molecule has 0 spiro atoms. The van der Waals surface area contributed by atoms with Gasteiger partial charge in [-0.1, -0.05) is 22.0 Å². The van der Waals surface area contributed by atoms with Crippen molar-refractivity contribution in [1.29, 1.82) is 0 Å². The summed E-state index contributed by atoms with van der Waals surface area (Å²) in [6.07, 6.45) is 0. The van der Waals surface area contributed by atoms with Gasteiger partial charge in [-0.15, -0.1) is 0 Å². The Labute approximate surface area is 121 Å². The van der Waals surface area contributed by atoms with Gasteiger partial charge in [0.2, 0.25) is 0 Å². The molecule has 0 bridgehead atoms. The molecule has 7 nitrogen and oxygen atoms in total. The normalized spacial score (nSPS) is 9.25. The lowest BCUT2D eigenvalue weighted by Gasteiger charge is -1.90. The number of nitrogens with zero attached hydrogens (tertiary/aromatic N) is 2. The van der Waals surface area contributed by atoms with Crippen molar-refractivity contribution >= 4 is 27.3 Å². The van der Waals surface area contributed by atoms with Crippen molar-refractivity contribution in [1.82, 2.24) is 0 Å². The van der Waals surface area contributed by atoms with E-state index in [0.717, 1.165) is 10.5 Å². The Morgan fingerprint density at radius 1 is 0.900 bits per heavy atom. The number of phenolic OH excluding ortho intramolecular Hbond substituents is 1. The van der Waals surface area contributed by atoms with Crippen molar-refractivity contribution in [2.75, 3.05) is 0 Å². The van der Waals surface area contributed by atoms with Gasteiger partial charge in [-0.2, -0.15) is 0 Å². The number of non-ortho nitro benzene ring substituents is 2. The molecule has 0 atom stereocenters. The molecule has 0 unspecified atom stereocenters. The minimum absolute atomic E-state index is 0.274. The number of aromatic hydroxyl groups is 1. The zero-order valence-corrected chi connectivity index (χ0v) is 11.6. The van der Waals surface area contributed by atoms with Crippen LogP contribution in [0.25, 0.3) is 0 Å². The summed E-state index contributed by atoms with van der Waals surface area (Å²) in [4.78, 5) is 19.0. The number of nitro benzene ring substituents is 2. The summed E-state index contributed by atoms with van der Waals surface area (Å²) in [5, 5.41) is 29.1. The van der Waals surface area contributed by atoms with Crippen LogP contribution in [-0.2, 0) is 0 Å². The van der Waals surface area contributed by atoms with E-state index < -0.39 is 9.85 Å². The van der Waals surface area contributed by atoms with E-state index in [0.29, 0.717) is 5.75 Å². The largest absolute Gasteiger partial charge is 0.508 e. The molecular formula is C12H9BrN2O5. The van der Waals surface area contributed by atoms with E-state index >= 15 is 0 Å². The van der Waals surface area contributed by atoms with Crippen LogP contribution >= 0.6 is 15.9 Å². The van der Waals surface area contributed by atoms with Crippen LogP contribution in [-0.4, -0.2) is 15.0 Å². The molecule has 0 amide bonds. The van der Waals surface area contributed by atoms with E-state index in [2.05, 4.69) is 15.9 Å². The van der Waals surface area contributed by atoms with Crippen LogP contribution in [0.1, 0.15) is 0 Å². The topological polar surface area (TPSA) is 107 Å². The standard InChI is InChI=1S/C6H5BrO.C6H4N2O4/c7-5-2-1-3-6(8)4-5;9-7(10)5-2-1-3-6(4-5)8(11)12/h1-4,8H;1-4H. The second kappa shape index (κ2) is 7.19. The first-order chi connectivity index (χ1) is 9.40. The molecule has 0 saturated heterocycles. The molecule has 0 heterocycles. The van der Waals surface area contributed by atoms with Gasteiger partial charge < -0.3 is 5.11 Å². The maximum atomic E-state index is 10.2. The zero-order valence-electron chi connectivity index (χ0n) is 9.97. The first kappa shape index (κ1) is 15.6. The molecule has 2 aromatic carbocycles. The molecule has 1 N–H and O–H groups in total. The van der Waals surface area contributed by atoms with E-state index in [9.17, 15) is 20.2 Å². The van der Waals surface area contributed by atoms with Crippen LogP contribution < -0.4 is 0 Å². The molecule has 0 fully saturated rings. The van der Waals surface area contributed by atoms with Crippen LogP contribution in [0.5, 0.6) is 5.75 Å². The number of phenols is 1. The van der Waals surface area contributed by atoms with Crippen LogP contribution in [0.4, 0.5) is 11.4 Å². The number of halogens is 1. The van der Waals surface area contributed by atoms with Crippen LogP contribution in [0, 0.1) is 20.2 Å². The van der Waals surface area contributed by atoms with Gasteiger partial charge in [-0.3, -0.25) is 20.2 Å². The predicted molar refractivity (Wildman–Crippen MR) is 75.6 cm³/mol. The summed E-state index contributed by atoms with van der Waals surface area (Å²) in [5.74, 6) is 0.291. The van der Waals surface area contributed by atoms with E-state index in [1.165, 1.54) is 18.2 Å². The van der Waals surface area contributed by atoms with Crippen molar-refractivity contribution < 1.29 is 15.0 Å². The zero-order chi connectivity index (χ0) is 15.1. The Morgan fingerprint density at radius 2 is 1.40 bits per heavy atom. The summed E-state index contributed by atoms with van der Waals surface area (Å²) in [7, 11) is 0. The summed E-state index contributed by atoms with van der Waals surface area (Å²) in [5.41, 5.74) is -0.548. The number of hydrogen-bond donors (Lipinski definition) is 1. The van der Waals surface area contributed by atoms with Gasteiger partial charge in [0.25, 0.3) is 11.4 Å². The minimum atomic E-state index is -0.674. The predicted octanol–water partition coefficient (Wildman–Crippen LogP) is 3.66. The molecule has 0 saturated carbocycles. The van der Waals surface area contributed by atoms with Crippen LogP contribution in [0.15, 0.2) is 53.0 Å². The van der Waals surface area contributed by atoms with Crippen molar-refractivity contribution in [3.63, 3.8) is 0 Å². The average Bonchev–Trinajstić information content (AvgIpc) is 2.39. The first-order valence-electron chi connectivity index (χ1n) is 5.23. The molecule has 104 valence electrons. The van der Waals surface area contributed by atoms with Gasteiger partial charge in [-0.25, -0.2) is 0 Å². The molecule has 20 heavy (non-hydrogen) atoms. The lowest BCUT2D eigenvalue weighted by Crippen LogP contribution is -1.91. The quantitative estimate of drug-likeness (QED) is 0.663. The maximum absolute atomic E-state index is 10.2. The van der Waals surface area contributed by atoms with Gasteiger partial charge in [0, 0.05) is 16.6 Å². The van der Waals surface area contributed by atoms with Crippen molar-refractivity contribution in [3.05, 3.63) is 73.2 Å². The van der Waals surface area contributed by atoms with Crippen molar-refractivity contribution in [3.8, 4) is 5.75 Å². The monoisotopic (exact) mass is 340 g/mol. The summed E-state index contributed by atoms with van der Waals surface area (Å²) in [6.45, 7) is 0. The minimum Gasteiger partial charge on any atom is -0.508 e. The molecular weight excluding hydrogens is 332 g/mol. The Kier molecular flexibility index (Phi) is 5.60. The second-order valence-corrected chi connectivity index (χ2v) is 4.43. The van der Waals surface area contributed by atoms with E-state index in [1.807, 2.05) is 6.07 Å². The number of nitro groups is 2. The Balaban J connectivity index is 0.000000217. The van der Waals surface area contributed by atoms with Crippen molar-refractivity contribution in [2.45, 2.75) is 0 Å². The Bertz CT molecular complexity index is 586. The van der Waals surface area contributed by atoms with Crippen LogP contribution in [0.3, 0.4) is 0 Å². The van der Waals surface area contributed by atoms with Gasteiger partial charge in [0.05, 0.1) is 15.9 Å². The number of hydrogen-bond acceptors (Lipinski definition) is 5. The lowest BCUT2D eigenvalue weighted by molar-refractivity contribution is -0.394. The smallest absolute Gasteiger partial charge is 0.276 e. The molecule has 0 aromatic heterocycles. The average molecular weight is 341 g/mol. The van der Waals surface area contributed by atoms with Gasteiger partial charge in [0.15, 0.2) is 0 Å². The number of benzene rings is 2. The second-order valence-electron chi connectivity index (χ2n) is 3.51. The molecule has 0 aliphatic rings. The van der Waals surface area contributed by atoms with E-state index in [4.69, 9.17) is 5.11 Å². The fraction of sp³-hybridized carbons (Fsp3) is 0. The maximum Gasteiger partial charge on any atom is 0.276 e. The van der Waals surface area contributed by atoms with Gasteiger partial charge >= 0.3 is 0 Å². The Hall–Kier alpha value is -2.48. The third-order valence-corrected chi connectivity index (χ3v) is 2.55. The lowest BCUT2D eigenvalue weighted by atomic mass is 10.3. The van der Waals surface area contributed by atoms with E-state index in [-0.39, 0.29) is 11.4 Å². The fourth-order valence-electron chi connectivity index (χ4n) is 1.20. The fourth-order valence-corrected chi connectivity index (χ4v) is 1.58. The third-order valence-electron chi connectivity index (χ3n) is 2.06. The van der Waals surface area contributed by atoms with Gasteiger partial charge in [-0.05, 0) is 24.3 Å². The molecule has 2 rings (SSSR count). The van der Waals surface area contributed by atoms with Crippen molar-refractivity contribution in [2.24, 2.45) is 0 Å². The van der Waals surface area contributed by atoms with E-state index in [1.54, 1.807) is 18.2 Å². The summed E-state index contributed by atoms with van der Waals surface area (Å²) < 4.78 is 0.900. The molecule has 0 aliphatic carbocycles. The highest BCUT2D eigenvalue weighted by Crippen LogP contribution is 2.18. The Morgan fingerprint density at radius 3 is 1.75 bits per heavy atom. The van der Waals surface area contributed by atoms with Crippen LogP contribution in [0.2, 0.25) is 0 Å². The molecule has 0 aliphatic heterocycles. The number of rotatable bonds is 2. The molecule has 0 radical (unpaired) electrons. The first-order valence-corrected chi connectivity index (χ1v) is 6.03. The highest BCUT2D eigenvalue weighted by molar-refractivity contribution is 9.10. The molecule has 8 heteroatoms. The molecule has 2 aromatic rings. The van der Waals surface area contributed by atoms with Gasteiger partial charge in [0.1, 0.15) is 5.75 Å². The highest BCUT2D eigenvalue weighted by atomic mass is 79.9.